The topological polar surface area (TPSA) is 35.5 Å². The molecule has 1 aromatic carbocycles. The average Bonchev–Trinajstić information content (AvgIpc) is 2.35. The molecule has 0 saturated carbocycles. The first-order valence-corrected chi connectivity index (χ1v) is 6.18. The molecule has 0 atom stereocenters. The molecule has 0 unspecified atom stereocenters. The summed E-state index contributed by atoms with van der Waals surface area (Å²) < 4.78 is 23.2. The highest BCUT2D eigenvalue weighted by molar-refractivity contribution is 6.17. The van der Waals surface area contributed by atoms with Gasteiger partial charge in [0, 0.05) is 31.4 Å². The molecule has 18 heavy (non-hydrogen) atoms. The van der Waals surface area contributed by atoms with Gasteiger partial charge in [0.25, 0.3) is 0 Å². The Morgan fingerprint density at radius 2 is 2.22 bits per heavy atom. The Labute approximate surface area is 111 Å². The summed E-state index contributed by atoms with van der Waals surface area (Å²) in [4.78, 5) is 11.6. The van der Waals surface area contributed by atoms with E-state index in [1.54, 1.807) is 0 Å². The van der Waals surface area contributed by atoms with Crippen LogP contribution in [0.2, 0.25) is 0 Å². The van der Waals surface area contributed by atoms with Crippen LogP contribution in [0.25, 0.3) is 0 Å². The highest BCUT2D eigenvalue weighted by atomic mass is 35.5. The maximum Gasteiger partial charge on any atom is 0.188 e. The molecule has 0 heterocycles. The molecule has 1 rings (SSSR count). The van der Waals surface area contributed by atoms with Gasteiger partial charge in [-0.2, -0.15) is 0 Å². The molecule has 0 aliphatic carbocycles. The normalized spacial score (nSPS) is 10.4. The number of carbonyl (C=O) groups is 1. The van der Waals surface area contributed by atoms with E-state index < -0.39 is 0 Å². The van der Waals surface area contributed by atoms with Crippen LogP contribution in [0.3, 0.4) is 0 Å². The predicted molar refractivity (Wildman–Crippen MR) is 67.6 cm³/mol. The highest BCUT2D eigenvalue weighted by Gasteiger charge is 2.10. The van der Waals surface area contributed by atoms with Crippen molar-refractivity contribution in [2.24, 2.45) is 0 Å². The highest BCUT2D eigenvalue weighted by Crippen LogP contribution is 2.21. The second kappa shape index (κ2) is 8.06. The Hall–Kier alpha value is -1.13. The maximum absolute atomic E-state index is 13.2. The molecule has 0 spiro atoms. The minimum atomic E-state index is -0.389. The Morgan fingerprint density at radius 1 is 1.44 bits per heavy atom. The van der Waals surface area contributed by atoms with Crippen molar-refractivity contribution in [3.63, 3.8) is 0 Å². The second-order valence-corrected chi connectivity index (χ2v) is 4.19. The third-order valence-corrected chi connectivity index (χ3v) is 2.60. The van der Waals surface area contributed by atoms with Crippen LogP contribution in [-0.2, 0) is 16.0 Å². The van der Waals surface area contributed by atoms with Gasteiger partial charge in [-0.25, -0.2) is 4.39 Å². The summed E-state index contributed by atoms with van der Waals surface area (Å²) in [5, 5.41) is 0. The molecule has 0 amide bonds. The van der Waals surface area contributed by atoms with Crippen LogP contribution in [0, 0.1) is 5.82 Å². The molecule has 0 N–H and O–H groups in total. The quantitative estimate of drug-likeness (QED) is 0.540. The zero-order valence-electron chi connectivity index (χ0n) is 10.2. The molecular weight excluding hydrogens is 259 g/mol. The monoisotopic (exact) mass is 274 g/mol. The van der Waals surface area contributed by atoms with Crippen LogP contribution in [0.4, 0.5) is 4.39 Å². The number of Topliss-reactive ketones (excluding diaryl/α,β-unsaturated/α-hetero) is 1. The fraction of sp³-hybridized carbons (Fsp3) is 0.462. The van der Waals surface area contributed by atoms with Crippen molar-refractivity contribution in [2.75, 3.05) is 19.8 Å². The largest absolute Gasteiger partial charge is 0.467 e. The first-order chi connectivity index (χ1) is 8.67. The van der Waals surface area contributed by atoms with E-state index in [2.05, 4.69) is 0 Å². The molecule has 0 aromatic heterocycles. The summed E-state index contributed by atoms with van der Waals surface area (Å²) in [6.07, 6.45) is 1.17. The van der Waals surface area contributed by atoms with Gasteiger partial charge in [-0.15, -0.1) is 11.6 Å². The van der Waals surface area contributed by atoms with E-state index in [9.17, 15) is 9.18 Å². The van der Waals surface area contributed by atoms with Gasteiger partial charge in [0.2, 0.25) is 0 Å². The molecule has 3 nitrogen and oxygen atoms in total. The number of hydrogen-bond donors (Lipinski definition) is 0. The third kappa shape index (κ3) is 5.02. The number of hydrogen-bond acceptors (Lipinski definition) is 3. The van der Waals surface area contributed by atoms with E-state index in [-0.39, 0.29) is 24.8 Å². The summed E-state index contributed by atoms with van der Waals surface area (Å²) in [7, 11) is 1.49. The maximum atomic E-state index is 13.2. The number of benzene rings is 1. The van der Waals surface area contributed by atoms with E-state index in [0.717, 1.165) is 0 Å². The lowest BCUT2D eigenvalue weighted by Crippen LogP contribution is -2.07. The van der Waals surface area contributed by atoms with Gasteiger partial charge in [-0.1, -0.05) is 0 Å². The van der Waals surface area contributed by atoms with Crippen LogP contribution in [0.15, 0.2) is 18.2 Å². The molecule has 1 aromatic rings. The Kier molecular flexibility index (Phi) is 6.68. The minimum Gasteiger partial charge on any atom is -0.467 e. The van der Waals surface area contributed by atoms with Crippen molar-refractivity contribution >= 4 is 17.4 Å². The van der Waals surface area contributed by atoms with Gasteiger partial charge in [-0.05, 0) is 24.6 Å². The zero-order valence-corrected chi connectivity index (χ0v) is 11.0. The Morgan fingerprint density at radius 3 is 2.89 bits per heavy atom. The Balaban J connectivity index is 2.71. The first-order valence-electron chi connectivity index (χ1n) is 5.65. The number of halogens is 2. The molecule has 0 radical (unpaired) electrons. The van der Waals surface area contributed by atoms with E-state index in [1.807, 2.05) is 0 Å². The summed E-state index contributed by atoms with van der Waals surface area (Å²) in [5.41, 5.74) is 0.534. The van der Waals surface area contributed by atoms with Gasteiger partial charge >= 0.3 is 0 Å². The van der Waals surface area contributed by atoms with Crippen LogP contribution >= 0.6 is 11.6 Å². The van der Waals surface area contributed by atoms with E-state index >= 15 is 0 Å². The number of methoxy groups -OCH3 is 1. The van der Waals surface area contributed by atoms with Gasteiger partial charge in [0.05, 0.1) is 0 Å². The van der Waals surface area contributed by atoms with Crippen LogP contribution in [0.5, 0.6) is 5.75 Å². The molecule has 0 bridgehead atoms. The van der Waals surface area contributed by atoms with Crippen molar-refractivity contribution in [1.29, 1.82) is 0 Å². The lowest BCUT2D eigenvalue weighted by molar-refractivity contribution is -0.118. The van der Waals surface area contributed by atoms with Gasteiger partial charge in [-0.3, -0.25) is 4.79 Å². The molecule has 0 aliphatic heterocycles. The molecule has 0 aliphatic rings. The number of rotatable bonds is 8. The van der Waals surface area contributed by atoms with Gasteiger partial charge in [0.1, 0.15) is 17.3 Å². The molecule has 5 heteroatoms. The van der Waals surface area contributed by atoms with Crippen molar-refractivity contribution in [3.8, 4) is 5.75 Å². The summed E-state index contributed by atoms with van der Waals surface area (Å²) >= 11 is 5.52. The van der Waals surface area contributed by atoms with Crippen LogP contribution in [0.1, 0.15) is 18.4 Å². The number of ketones is 1. The Bertz CT molecular complexity index is 396. The first kappa shape index (κ1) is 14.9. The number of ether oxygens (including phenoxy) is 2. The predicted octanol–water partition coefficient (Wildman–Crippen LogP) is 2.94. The fourth-order valence-corrected chi connectivity index (χ4v) is 1.65. The second-order valence-electron chi connectivity index (χ2n) is 3.81. The van der Waals surface area contributed by atoms with E-state index in [4.69, 9.17) is 21.1 Å². The van der Waals surface area contributed by atoms with E-state index in [0.29, 0.717) is 30.0 Å². The molecule has 0 saturated heterocycles. The smallest absolute Gasteiger partial charge is 0.188 e. The third-order valence-electron chi connectivity index (χ3n) is 2.33. The lowest BCUT2D eigenvalue weighted by Gasteiger charge is -2.10. The van der Waals surface area contributed by atoms with Crippen LogP contribution < -0.4 is 4.74 Å². The van der Waals surface area contributed by atoms with Gasteiger partial charge < -0.3 is 9.47 Å². The molecule has 100 valence electrons. The minimum absolute atomic E-state index is 0.0171. The van der Waals surface area contributed by atoms with Crippen molar-refractivity contribution in [1.82, 2.24) is 0 Å². The van der Waals surface area contributed by atoms with Gasteiger partial charge in [0.15, 0.2) is 6.79 Å². The molecular formula is C13H16ClFO3. The summed E-state index contributed by atoms with van der Waals surface area (Å²) in [6.45, 7) is 0.0640. The molecule has 0 fully saturated rings. The van der Waals surface area contributed by atoms with Crippen LogP contribution in [-0.4, -0.2) is 25.6 Å². The zero-order chi connectivity index (χ0) is 13.4. The van der Waals surface area contributed by atoms with Crippen molar-refractivity contribution < 1.29 is 18.7 Å². The summed E-state index contributed by atoms with van der Waals surface area (Å²) in [6, 6.07) is 4.10. The lowest BCUT2D eigenvalue weighted by atomic mass is 10.0. The summed E-state index contributed by atoms with van der Waals surface area (Å²) in [5.74, 6) is 0.544. The number of alkyl halides is 1. The standard InChI is InChI=1S/C13H16ClFO3/c1-17-9-18-13-5-4-11(15)7-10(13)8-12(16)3-2-6-14/h4-5,7H,2-3,6,8-9H2,1H3. The fourth-order valence-electron chi connectivity index (χ4n) is 1.51. The van der Waals surface area contributed by atoms with Crippen molar-refractivity contribution in [3.05, 3.63) is 29.6 Å². The SMILES string of the molecule is COCOc1ccc(F)cc1CC(=O)CCCCl. The van der Waals surface area contributed by atoms with Crippen molar-refractivity contribution in [2.45, 2.75) is 19.3 Å². The van der Waals surface area contributed by atoms with E-state index in [1.165, 1.54) is 25.3 Å². The number of carbonyl (C=O) groups excluding carboxylic acids is 1. The average molecular weight is 275 g/mol.